The topological polar surface area (TPSA) is 35.2 Å². The maximum absolute atomic E-state index is 5.79. The largest absolute Gasteiger partial charge is 0.373 e. The molecular weight excluding hydrogens is 170 g/mol. The first kappa shape index (κ1) is 10.4. The van der Waals surface area contributed by atoms with Crippen LogP contribution in [0.15, 0.2) is 0 Å². The van der Waals surface area contributed by atoms with Crippen molar-refractivity contribution in [3.8, 4) is 0 Å². The van der Waals surface area contributed by atoms with Crippen molar-refractivity contribution in [2.45, 2.75) is 37.5 Å². The molecule has 0 aromatic heterocycles. The highest BCUT2D eigenvalue weighted by molar-refractivity contribution is 8.00. The van der Waals surface area contributed by atoms with Crippen LogP contribution in [0.1, 0.15) is 26.7 Å². The molecule has 2 N–H and O–H groups in total. The van der Waals surface area contributed by atoms with Crippen LogP contribution in [0.4, 0.5) is 0 Å². The summed E-state index contributed by atoms with van der Waals surface area (Å²) in [7, 11) is 0. The van der Waals surface area contributed by atoms with Crippen molar-refractivity contribution < 1.29 is 4.74 Å². The number of hydrogen-bond acceptors (Lipinski definition) is 3. The molecule has 0 aliphatic carbocycles. The predicted molar refractivity (Wildman–Crippen MR) is 54.6 cm³/mol. The number of thioether (sulfide) groups is 1. The van der Waals surface area contributed by atoms with E-state index in [0.29, 0.717) is 11.8 Å². The third-order valence-electron chi connectivity index (χ3n) is 2.63. The molecular formula is C9H19NOS. The zero-order valence-electron chi connectivity index (χ0n) is 8.01. The molecule has 12 heavy (non-hydrogen) atoms. The summed E-state index contributed by atoms with van der Waals surface area (Å²) in [4.78, 5) is 0. The van der Waals surface area contributed by atoms with Gasteiger partial charge in [-0.1, -0.05) is 6.92 Å². The van der Waals surface area contributed by atoms with Gasteiger partial charge in [0.05, 0.1) is 5.60 Å². The van der Waals surface area contributed by atoms with Gasteiger partial charge in [0.2, 0.25) is 0 Å². The minimum absolute atomic E-state index is 0.0301. The molecule has 0 spiro atoms. The van der Waals surface area contributed by atoms with E-state index in [0.717, 1.165) is 13.0 Å². The van der Waals surface area contributed by atoms with Crippen molar-refractivity contribution >= 4 is 11.8 Å². The number of hydrogen-bond donors (Lipinski definition) is 1. The Morgan fingerprint density at radius 3 is 2.92 bits per heavy atom. The molecule has 0 amide bonds. The van der Waals surface area contributed by atoms with Crippen molar-refractivity contribution in [2.24, 2.45) is 5.73 Å². The van der Waals surface area contributed by atoms with Crippen LogP contribution >= 0.6 is 11.8 Å². The maximum atomic E-state index is 5.79. The van der Waals surface area contributed by atoms with E-state index in [4.69, 9.17) is 10.5 Å². The summed E-state index contributed by atoms with van der Waals surface area (Å²) in [5.41, 5.74) is 5.75. The first-order valence-corrected chi connectivity index (χ1v) is 5.75. The molecule has 0 aromatic carbocycles. The lowest BCUT2D eigenvalue weighted by atomic mass is 9.93. The van der Waals surface area contributed by atoms with E-state index in [-0.39, 0.29) is 5.60 Å². The van der Waals surface area contributed by atoms with Crippen LogP contribution in [-0.2, 0) is 4.74 Å². The summed E-state index contributed by atoms with van der Waals surface area (Å²) in [6.45, 7) is 5.72. The van der Waals surface area contributed by atoms with Gasteiger partial charge in [-0.15, -0.1) is 0 Å². The van der Waals surface area contributed by atoms with E-state index in [1.807, 2.05) is 18.7 Å². The van der Waals surface area contributed by atoms with E-state index in [2.05, 4.69) is 6.92 Å². The molecule has 3 heteroatoms. The summed E-state index contributed by atoms with van der Waals surface area (Å²) in [5, 5.41) is 0.552. The second-order valence-electron chi connectivity index (χ2n) is 3.32. The fourth-order valence-corrected chi connectivity index (χ4v) is 3.04. The molecule has 0 radical (unpaired) electrons. The fourth-order valence-electron chi connectivity index (χ4n) is 1.79. The molecule has 1 heterocycles. The van der Waals surface area contributed by atoms with Gasteiger partial charge in [-0.05, 0) is 25.5 Å². The van der Waals surface area contributed by atoms with Crippen molar-refractivity contribution in [1.29, 1.82) is 0 Å². The Balaban J connectivity index is 2.60. The Labute approximate surface area is 79.2 Å². The minimum atomic E-state index is -0.0301. The lowest BCUT2D eigenvalue weighted by Crippen LogP contribution is -2.50. The van der Waals surface area contributed by atoms with Gasteiger partial charge < -0.3 is 10.5 Å². The van der Waals surface area contributed by atoms with Gasteiger partial charge in [0.1, 0.15) is 0 Å². The Hall–Kier alpha value is 0.270. The van der Waals surface area contributed by atoms with Crippen LogP contribution in [0.2, 0.25) is 0 Å². The highest BCUT2D eigenvalue weighted by Crippen LogP contribution is 2.35. The standard InChI is InChI=1S/C9H19NOS/c1-3-11-9(7-10)5-4-6-12-8(9)2/h8H,3-7,10H2,1-2H3. The highest BCUT2D eigenvalue weighted by atomic mass is 32.2. The molecule has 2 atom stereocenters. The van der Waals surface area contributed by atoms with Crippen LogP contribution in [0.25, 0.3) is 0 Å². The van der Waals surface area contributed by atoms with E-state index in [9.17, 15) is 0 Å². The van der Waals surface area contributed by atoms with Gasteiger partial charge in [0, 0.05) is 18.4 Å². The normalized spacial score (nSPS) is 36.8. The van der Waals surface area contributed by atoms with Crippen LogP contribution < -0.4 is 5.73 Å². The summed E-state index contributed by atoms with van der Waals surface area (Å²) < 4.78 is 5.79. The SMILES string of the molecule is CCOC1(CN)CCCSC1C. The summed E-state index contributed by atoms with van der Waals surface area (Å²) in [6.07, 6.45) is 2.37. The zero-order chi connectivity index (χ0) is 9.03. The summed E-state index contributed by atoms with van der Waals surface area (Å²) in [5.74, 6) is 1.26. The highest BCUT2D eigenvalue weighted by Gasteiger charge is 2.38. The molecule has 1 saturated heterocycles. The summed E-state index contributed by atoms with van der Waals surface area (Å²) in [6, 6.07) is 0. The van der Waals surface area contributed by atoms with Crippen LogP contribution in [-0.4, -0.2) is 29.8 Å². The minimum Gasteiger partial charge on any atom is -0.373 e. The maximum Gasteiger partial charge on any atom is 0.0919 e. The molecule has 1 aliphatic rings. The zero-order valence-corrected chi connectivity index (χ0v) is 8.82. The van der Waals surface area contributed by atoms with Crippen molar-refractivity contribution in [3.05, 3.63) is 0 Å². The second kappa shape index (κ2) is 4.49. The van der Waals surface area contributed by atoms with Gasteiger partial charge in [0.15, 0.2) is 0 Å². The number of nitrogens with two attached hydrogens (primary N) is 1. The van der Waals surface area contributed by atoms with E-state index >= 15 is 0 Å². The van der Waals surface area contributed by atoms with E-state index < -0.39 is 0 Å². The monoisotopic (exact) mass is 189 g/mol. The Kier molecular flexibility index (Phi) is 3.87. The van der Waals surface area contributed by atoms with Gasteiger partial charge in [-0.3, -0.25) is 0 Å². The van der Waals surface area contributed by atoms with Gasteiger partial charge in [-0.2, -0.15) is 11.8 Å². The van der Waals surface area contributed by atoms with Gasteiger partial charge in [-0.25, -0.2) is 0 Å². The quantitative estimate of drug-likeness (QED) is 0.733. The molecule has 2 unspecified atom stereocenters. The summed E-state index contributed by atoms with van der Waals surface area (Å²) >= 11 is 1.98. The number of ether oxygens (including phenoxy) is 1. The van der Waals surface area contributed by atoms with Crippen LogP contribution in [0, 0.1) is 0 Å². The molecule has 1 fully saturated rings. The fraction of sp³-hybridized carbons (Fsp3) is 1.00. The van der Waals surface area contributed by atoms with Gasteiger partial charge >= 0.3 is 0 Å². The van der Waals surface area contributed by atoms with Crippen LogP contribution in [0.3, 0.4) is 0 Å². The molecule has 2 nitrogen and oxygen atoms in total. The lowest BCUT2D eigenvalue weighted by Gasteiger charge is -2.40. The smallest absolute Gasteiger partial charge is 0.0919 e. The molecule has 0 saturated carbocycles. The first-order valence-electron chi connectivity index (χ1n) is 4.71. The Bertz CT molecular complexity index is 138. The molecule has 1 rings (SSSR count). The second-order valence-corrected chi connectivity index (χ2v) is 4.77. The van der Waals surface area contributed by atoms with Crippen molar-refractivity contribution in [1.82, 2.24) is 0 Å². The lowest BCUT2D eigenvalue weighted by molar-refractivity contribution is -0.0393. The Morgan fingerprint density at radius 2 is 2.42 bits per heavy atom. The Morgan fingerprint density at radius 1 is 1.67 bits per heavy atom. The van der Waals surface area contributed by atoms with Crippen LogP contribution in [0.5, 0.6) is 0 Å². The average Bonchev–Trinajstić information content (AvgIpc) is 2.10. The molecule has 72 valence electrons. The molecule has 1 aliphatic heterocycles. The predicted octanol–water partition coefficient (Wildman–Crippen LogP) is 1.64. The first-order chi connectivity index (χ1) is 5.75. The van der Waals surface area contributed by atoms with Crippen molar-refractivity contribution in [2.75, 3.05) is 18.9 Å². The van der Waals surface area contributed by atoms with Crippen molar-refractivity contribution in [3.63, 3.8) is 0 Å². The third kappa shape index (κ3) is 1.95. The van der Waals surface area contributed by atoms with E-state index in [1.54, 1.807) is 0 Å². The molecule has 0 aromatic rings. The number of rotatable bonds is 3. The molecule has 0 bridgehead atoms. The van der Waals surface area contributed by atoms with Gasteiger partial charge in [0.25, 0.3) is 0 Å². The van der Waals surface area contributed by atoms with E-state index in [1.165, 1.54) is 12.2 Å². The third-order valence-corrected chi connectivity index (χ3v) is 4.08. The average molecular weight is 189 g/mol.